The van der Waals surface area contributed by atoms with Crippen molar-refractivity contribution in [2.75, 3.05) is 14.2 Å². The second-order valence-electron chi connectivity index (χ2n) is 4.80. The Kier molecular flexibility index (Phi) is 4.16. The van der Waals surface area contributed by atoms with Gasteiger partial charge in [-0.25, -0.2) is 4.79 Å². The predicted molar refractivity (Wildman–Crippen MR) is 76.1 cm³/mol. The summed E-state index contributed by atoms with van der Waals surface area (Å²) in [5.41, 5.74) is 1.98. The Labute approximate surface area is 122 Å². The van der Waals surface area contributed by atoms with Gasteiger partial charge >= 0.3 is 5.97 Å². The summed E-state index contributed by atoms with van der Waals surface area (Å²) in [6.07, 6.45) is 0. The van der Waals surface area contributed by atoms with Crippen LogP contribution >= 0.6 is 0 Å². The maximum absolute atomic E-state index is 11.0. The van der Waals surface area contributed by atoms with Crippen LogP contribution in [0.1, 0.15) is 35.9 Å². The van der Waals surface area contributed by atoms with Crippen molar-refractivity contribution in [3.8, 4) is 22.8 Å². The third kappa shape index (κ3) is 2.69. The van der Waals surface area contributed by atoms with Gasteiger partial charge in [0.05, 0.1) is 19.8 Å². The average Bonchev–Trinajstić information content (AvgIpc) is 2.95. The Morgan fingerprint density at radius 3 is 2.33 bits per heavy atom. The Balaban J connectivity index is 2.71. The number of nitrogens with zero attached hydrogens (tertiary/aromatic N) is 1. The van der Waals surface area contributed by atoms with Crippen LogP contribution in [0.15, 0.2) is 22.7 Å². The summed E-state index contributed by atoms with van der Waals surface area (Å²) in [4.78, 5) is 11.0. The van der Waals surface area contributed by atoms with Crippen molar-refractivity contribution in [3.05, 3.63) is 29.5 Å². The molecule has 0 spiro atoms. The SMILES string of the molecule is COc1ccc(OC)c(C(C)C)c1-c1cc(C(=O)O)on1. The molecule has 0 unspecified atom stereocenters. The molecule has 0 aliphatic rings. The number of rotatable bonds is 5. The van der Waals surface area contributed by atoms with Gasteiger partial charge in [-0.2, -0.15) is 0 Å². The zero-order chi connectivity index (χ0) is 15.6. The van der Waals surface area contributed by atoms with Crippen molar-refractivity contribution in [2.45, 2.75) is 19.8 Å². The first-order chi connectivity index (χ1) is 9.99. The number of aromatic nitrogens is 1. The summed E-state index contributed by atoms with van der Waals surface area (Å²) in [7, 11) is 3.14. The van der Waals surface area contributed by atoms with E-state index >= 15 is 0 Å². The lowest BCUT2D eigenvalue weighted by atomic mass is 9.93. The van der Waals surface area contributed by atoms with E-state index in [1.165, 1.54) is 6.07 Å². The first-order valence-electron chi connectivity index (χ1n) is 6.44. The minimum absolute atomic E-state index is 0.134. The standard InChI is InChI=1S/C15H17NO5/c1-8(2)13-10(19-3)5-6-11(20-4)14(13)9-7-12(15(17)18)21-16-9/h5-8H,1-4H3,(H,17,18). The summed E-state index contributed by atoms with van der Waals surface area (Å²) in [6.45, 7) is 4.03. The molecule has 0 bridgehead atoms. The van der Waals surface area contributed by atoms with Crippen LogP contribution in [0.5, 0.6) is 11.5 Å². The highest BCUT2D eigenvalue weighted by molar-refractivity contribution is 5.86. The summed E-state index contributed by atoms with van der Waals surface area (Å²) < 4.78 is 15.6. The molecule has 1 aromatic heterocycles. The highest BCUT2D eigenvalue weighted by atomic mass is 16.5. The predicted octanol–water partition coefficient (Wildman–Crippen LogP) is 3.18. The van der Waals surface area contributed by atoms with E-state index in [1.54, 1.807) is 20.3 Å². The van der Waals surface area contributed by atoms with E-state index in [0.29, 0.717) is 22.8 Å². The van der Waals surface area contributed by atoms with Gasteiger partial charge < -0.3 is 19.1 Å². The van der Waals surface area contributed by atoms with Crippen LogP contribution in [0.2, 0.25) is 0 Å². The van der Waals surface area contributed by atoms with E-state index in [1.807, 2.05) is 19.9 Å². The lowest BCUT2D eigenvalue weighted by molar-refractivity contribution is 0.0652. The first kappa shape index (κ1) is 14.9. The fraction of sp³-hybridized carbons (Fsp3) is 0.333. The molecule has 0 aliphatic carbocycles. The van der Waals surface area contributed by atoms with Crippen LogP contribution in [0, 0.1) is 0 Å². The van der Waals surface area contributed by atoms with E-state index in [2.05, 4.69) is 5.16 Å². The zero-order valence-corrected chi connectivity index (χ0v) is 12.3. The van der Waals surface area contributed by atoms with Crippen molar-refractivity contribution in [1.82, 2.24) is 5.16 Å². The third-order valence-electron chi connectivity index (χ3n) is 3.16. The van der Waals surface area contributed by atoms with E-state index in [4.69, 9.17) is 19.1 Å². The Morgan fingerprint density at radius 1 is 1.24 bits per heavy atom. The van der Waals surface area contributed by atoms with Gasteiger partial charge in [0.15, 0.2) is 0 Å². The minimum atomic E-state index is -1.17. The maximum Gasteiger partial charge on any atom is 0.374 e. The fourth-order valence-electron chi connectivity index (χ4n) is 2.26. The quantitative estimate of drug-likeness (QED) is 0.911. The lowest BCUT2D eigenvalue weighted by Crippen LogP contribution is -2.00. The summed E-state index contributed by atoms with van der Waals surface area (Å²) in [6, 6.07) is 4.95. The number of carbonyl (C=O) groups is 1. The van der Waals surface area contributed by atoms with Crippen molar-refractivity contribution in [3.63, 3.8) is 0 Å². The molecule has 112 valence electrons. The summed E-state index contributed by atoms with van der Waals surface area (Å²) in [5, 5.41) is 12.8. The number of ether oxygens (including phenoxy) is 2. The molecule has 6 heteroatoms. The molecule has 1 heterocycles. The topological polar surface area (TPSA) is 81.8 Å². The van der Waals surface area contributed by atoms with E-state index in [0.717, 1.165) is 5.56 Å². The van der Waals surface area contributed by atoms with Gasteiger partial charge in [0.1, 0.15) is 17.2 Å². The molecule has 0 aliphatic heterocycles. The van der Waals surface area contributed by atoms with Crippen molar-refractivity contribution in [1.29, 1.82) is 0 Å². The first-order valence-corrected chi connectivity index (χ1v) is 6.44. The molecule has 0 saturated carbocycles. The molecule has 0 radical (unpaired) electrons. The van der Waals surface area contributed by atoms with Crippen LogP contribution in [0.25, 0.3) is 11.3 Å². The van der Waals surface area contributed by atoms with Crippen molar-refractivity contribution in [2.24, 2.45) is 0 Å². The van der Waals surface area contributed by atoms with Gasteiger partial charge in [0, 0.05) is 11.6 Å². The number of aromatic carboxylic acids is 1. The molecule has 2 rings (SSSR count). The van der Waals surface area contributed by atoms with Crippen LogP contribution in [0.4, 0.5) is 0 Å². The second-order valence-corrected chi connectivity index (χ2v) is 4.80. The van der Waals surface area contributed by atoms with Gasteiger partial charge in [0.25, 0.3) is 0 Å². The molecule has 0 atom stereocenters. The van der Waals surface area contributed by atoms with Crippen LogP contribution < -0.4 is 9.47 Å². The third-order valence-corrected chi connectivity index (χ3v) is 3.16. The number of carboxylic acids is 1. The number of methoxy groups -OCH3 is 2. The molecule has 0 amide bonds. The molecule has 0 saturated heterocycles. The Hall–Kier alpha value is -2.50. The van der Waals surface area contributed by atoms with Gasteiger partial charge in [-0.05, 0) is 18.1 Å². The number of hydrogen-bond donors (Lipinski definition) is 1. The second kappa shape index (κ2) is 5.87. The molecule has 0 fully saturated rings. The van der Waals surface area contributed by atoms with Gasteiger partial charge in [-0.15, -0.1) is 0 Å². The highest BCUT2D eigenvalue weighted by Gasteiger charge is 2.23. The summed E-state index contributed by atoms with van der Waals surface area (Å²) in [5.74, 6) is 0.0340. The largest absolute Gasteiger partial charge is 0.496 e. The Bertz CT molecular complexity index is 660. The molecular formula is C15H17NO5. The molecule has 2 aromatic rings. The van der Waals surface area contributed by atoms with Crippen molar-refractivity contribution >= 4 is 5.97 Å². The van der Waals surface area contributed by atoms with Crippen molar-refractivity contribution < 1.29 is 23.9 Å². The molecule has 1 aromatic carbocycles. The fourth-order valence-corrected chi connectivity index (χ4v) is 2.26. The highest BCUT2D eigenvalue weighted by Crippen LogP contribution is 2.42. The molecule has 1 N–H and O–H groups in total. The van der Waals surface area contributed by atoms with Gasteiger partial charge in [0.2, 0.25) is 5.76 Å². The minimum Gasteiger partial charge on any atom is -0.496 e. The van der Waals surface area contributed by atoms with Gasteiger partial charge in [-0.3, -0.25) is 0 Å². The number of benzene rings is 1. The molecular weight excluding hydrogens is 274 g/mol. The Morgan fingerprint density at radius 2 is 1.86 bits per heavy atom. The molecule has 21 heavy (non-hydrogen) atoms. The lowest BCUT2D eigenvalue weighted by Gasteiger charge is -2.18. The normalized spacial score (nSPS) is 10.7. The summed E-state index contributed by atoms with van der Waals surface area (Å²) >= 11 is 0. The van der Waals surface area contributed by atoms with Crippen LogP contribution in [-0.2, 0) is 0 Å². The maximum atomic E-state index is 11.0. The number of carboxylic acid groups (broad SMARTS) is 1. The number of hydrogen-bond acceptors (Lipinski definition) is 5. The van der Waals surface area contributed by atoms with E-state index in [-0.39, 0.29) is 11.7 Å². The van der Waals surface area contributed by atoms with E-state index < -0.39 is 5.97 Å². The zero-order valence-electron chi connectivity index (χ0n) is 12.3. The monoisotopic (exact) mass is 291 g/mol. The molecule has 6 nitrogen and oxygen atoms in total. The van der Waals surface area contributed by atoms with Crippen LogP contribution in [-0.4, -0.2) is 30.5 Å². The van der Waals surface area contributed by atoms with E-state index in [9.17, 15) is 4.79 Å². The average molecular weight is 291 g/mol. The van der Waals surface area contributed by atoms with Gasteiger partial charge in [-0.1, -0.05) is 19.0 Å². The smallest absolute Gasteiger partial charge is 0.374 e. The van der Waals surface area contributed by atoms with Crippen LogP contribution in [0.3, 0.4) is 0 Å².